The van der Waals surface area contributed by atoms with Gasteiger partial charge in [-0.3, -0.25) is 9.89 Å². The number of rotatable bonds is 3. The lowest BCUT2D eigenvalue weighted by Gasteiger charge is -2.01. The Balaban J connectivity index is 1.91. The average molecular weight is 255 g/mol. The number of aromatic amines is 1. The summed E-state index contributed by atoms with van der Waals surface area (Å²) >= 11 is 0. The van der Waals surface area contributed by atoms with E-state index in [0.717, 1.165) is 10.9 Å². The van der Waals surface area contributed by atoms with Gasteiger partial charge in [-0.05, 0) is 18.2 Å². The molecule has 3 aromatic rings. The molecule has 0 aliphatic heterocycles. The number of nitrogens with one attached hydrogen (secondary N) is 2. The molecule has 5 nitrogen and oxygen atoms in total. The van der Waals surface area contributed by atoms with Crippen molar-refractivity contribution in [3.8, 4) is 0 Å². The summed E-state index contributed by atoms with van der Waals surface area (Å²) in [4.78, 5) is 12.2. The molecule has 96 valence electrons. The van der Waals surface area contributed by atoms with Gasteiger partial charge in [0, 0.05) is 11.8 Å². The van der Waals surface area contributed by atoms with Gasteiger partial charge in [0.1, 0.15) is 5.76 Å². The molecule has 0 atom stereocenters. The minimum absolute atomic E-state index is 0.206. The number of aromatic nitrogens is 2. The number of benzene rings is 1. The van der Waals surface area contributed by atoms with Crippen molar-refractivity contribution in [3.05, 3.63) is 47.9 Å². The number of aryl methyl sites for hydroxylation is 1. The number of furan rings is 1. The van der Waals surface area contributed by atoms with E-state index in [1.165, 1.54) is 6.26 Å². The lowest BCUT2D eigenvalue weighted by Crippen LogP contribution is -2.13. The molecule has 0 aliphatic rings. The first-order chi connectivity index (χ1) is 9.29. The summed E-state index contributed by atoms with van der Waals surface area (Å²) in [6.07, 6.45) is 2.20. The second-order valence-electron chi connectivity index (χ2n) is 4.18. The van der Waals surface area contributed by atoms with Crippen molar-refractivity contribution in [1.29, 1.82) is 0 Å². The van der Waals surface area contributed by atoms with Crippen LogP contribution in [0.2, 0.25) is 0 Å². The molecule has 1 aromatic carbocycles. The van der Waals surface area contributed by atoms with Gasteiger partial charge >= 0.3 is 0 Å². The molecule has 0 saturated carbocycles. The van der Waals surface area contributed by atoms with Crippen molar-refractivity contribution >= 4 is 22.6 Å². The Bertz CT molecular complexity index is 727. The van der Waals surface area contributed by atoms with Gasteiger partial charge in [-0.2, -0.15) is 5.10 Å². The van der Waals surface area contributed by atoms with Gasteiger partial charge < -0.3 is 9.73 Å². The predicted octanol–water partition coefficient (Wildman–Crippen LogP) is 2.97. The molecule has 0 radical (unpaired) electrons. The molecule has 5 heteroatoms. The van der Waals surface area contributed by atoms with E-state index in [-0.39, 0.29) is 5.91 Å². The van der Waals surface area contributed by atoms with Crippen LogP contribution < -0.4 is 5.32 Å². The first-order valence-corrected chi connectivity index (χ1v) is 6.10. The molecular formula is C14H13N3O2. The third-order valence-electron chi connectivity index (χ3n) is 3.01. The van der Waals surface area contributed by atoms with Crippen LogP contribution in [-0.2, 0) is 6.42 Å². The lowest BCUT2D eigenvalue weighted by atomic mass is 10.2. The van der Waals surface area contributed by atoms with Crippen molar-refractivity contribution in [2.75, 3.05) is 5.32 Å². The summed E-state index contributed by atoms with van der Waals surface area (Å²) in [6.45, 7) is 1.94. The van der Waals surface area contributed by atoms with Crippen LogP contribution in [0.15, 0.2) is 41.0 Å². The highest BCUT2D eigenvalue weighted by atomic mass is 16.3. The van der Waals surface area contributed by atoms with Crippen LogP contribution in [0, 0.1) is 0 Å². The van der Waals surface area contributed by atoms with Gasteiger partial charge in [0.25, 0.3) is 5.91 Å². The minimum atomic E-state index is -0.206. The molecule has 0 spiro atoms. The van der Waals surface area contributed by atoms with Crippen molar-refractivity contribution < 1.29 is 9.21 Å². The Hall–Kier alpha value is -2.56. The molecule has 2 aromatic heterocycles. The molecule has 0 saturated heterocycles. The summed E-state index contributed by atoms with van der Waals surface area (Å²) in [7, 11) is 0. The number of anilines is 1. The molecule has 0 bridgehead atoms. The molecule has 19 heavy (non-hydrogen) atoms. The number of para-hydroxylation sites is 1. The van der Waals surface area contributed by atoms with E-state index in [0.29, 0.717) is 23.6 Å². The van der Waals surface area contributed by atoms with E-state index in [1.807, 2.05) is 31.2 Å². The maximum atomic E-state index is 12.2. The number of nitrogens with zero attached hydrogens (tertiary/aromatic N) is 1. The Morgan fingerprint density at radius 2 is 2.21 bits per heavy atom. The number of carbonyl (C=O) groups excluding carboxylic acids is 1. The van der Waals surface area contributed by atoms with Gasteiger partial charge in [-0.15, -0.1) is 0 Å². The van der Waals surface area contributed by atoms with Crippen LogP contribution in [0.25, 0.3) is 10.9 Å². The zero-order chi connectivity index (χ0) is 13.2. The Labute approximate surface area is 109 Å². The lowest BCUT2D eigenvalue weighted by molar-refractivity contribution is 0.102. The number of H-pyrrole nitrogens is 1. The first-order valence-electron chi connectivity index (χ1n) is 6.10. The highest BCUT2D eigenvalue weighted by Gasteiger charge is 2.15. The zero-order valence-electron chi connectivity index (χ0n) is 10.4. The van der Waals surface area contributed by atoms with Gasteiger partial charge in [0.15, 0.2) is 5.82 Å². The fourth-order valence-corrected chi connectivity index (χ4v) is 2.05. The van der Waals surface area contributed by atoms with E-state index in [2.05, 4.69) is 15.5 Å². The van der Waals surface area contributed by atoms with Crippen molar-refractivity contribution in [1.82, 2.24) is 10.2 Å². The number of carbonyl (C=O) groups is 1. The maximum absolute atomic E-state index is 12.2. The number of amides is 1. The highest BCUT2D eigenvalue weighted by molar-refractivity contribution is 6.08. The molecule has 0 aliphatic carbocycles. The van der Waals surface area contributed by atoms with Crippen LogP contribution in [0.1, 0.15) is 23.0 Å². The fourth-order valence-electron chi connectivity index (χ4n) is 2.05. The topological polar surface area (TPSA) is 70.9 Å². The SMILES string of the molecule is CCc1occc1C(=O)Nc1n[nH]c2ccccc12. The Kier molecular flexibility index (Phi) is 2.79. The van der Waals surface area contributed by atoms with E-state index in [4.69, 9.17) is 4.42 Å². The van der Waals surface area contributed by atoms with E-state index < -0.39 is 0 Å². The largest absolute Gasteiger partial charge is 0.469 e. The summed E-state index contributed by atoms with van der Waals surface area (Å²) in [6, 6.07) is 9.31. The van der Waals surface area contributed by atoms with Crippen LogP contribution in [0.5, 0.6) is 0 Å². The standard InChI is InChI=1S/C14H13N3O2/c1-2-12-10(7-8-19-12)14(18)15-13-9-5-3-4-6-11(9)16-17-13/h3-8H,2H2,1H3,(H2,15,16,17,18). The highest BCUT2D eigenvalue weighted by Crippen LogP contribution is 2.21. The second-order valence-corrected chi connectivity index (χ2v) is 4.18. The van der Waals surface area contributed by atoms with Crippen molar-refractivity contribution in [3.63, 3.8) is 0 Å². The Morgan fingerprint density at radius 1 is 1.37 bits per heavy atom. The summed E-state index contributed by atoms with van der Waals surface area (Å²) in [5.74, 6) is 1.00. The molecule has 0 unspecified atom stereocenters. The Morgan fingerprint density at radius 3 is 3.05 bits per heavy atom. The smallest absolute Gasteiger partial charge is 0.260 e. The monoisotopic (exact) mass is 255 g/mol. The summed E-state index contributed by atoms with van der Waals surface area (Å²) in [5.41, 5.74) is 1.44. The summed E-state index contributed by atoms with van der Waals surface area (Å²) < 4.78 is 5.25. The normalized spacial score (nSPS) is 10.8. The number of hydrogen-bond acceptors (Lipinski definition) is 3. The maximum Gasteiger partial charge on any atom is 0.260 e. The van der Waals surface area contributed by atoms with Gasteiger partial charge in [0.05, 0.1) is 17.3 Å². The first kappa shape index (κ1) is 11.5. The molecular weight excluding hydrogens is 242 g/mol. The summed E-state index contributed by atoms with van der Waals surface area (Å²) in [5, 5.41) is 10.7. The average Bonchev–Trinajstić information content (AvgIpc) is 3.05. The molecule has 2 N–H and O–H groups in total. The molecule has 0 fully saturated rings. The fraction of sp³-hybridized carbons (Fsp3) is 0.143. The molecule has 3 rings (SSSR count). The zero-order valence-corrected chi connectivity index (χ0v) is 10.4. The van der Waals surface area contributed by atoms with E-state index in [1.54, 1.807) is 6.07 Å². The van der Waals surface area contributed by atoms with Crippen LogP contribution in [-0.4, -0.2) is 16.1 Å². The third kappa shape index (κ3) is 1.99. The van der Waals surface area contributed by atoms with E-state index in [9.17, 15) is 4.79 Å². The van der Waals surface area contributed by atoms with Crippen LogP contribution in [0.4, 0.5) is 5.82 Å². The molecule has 2 heterocycles. The van der Waals surface area contributed by atoms with Crippen molar-refractivity contribution in [2.45, 2.75) is 13.3 Å². The van der Waals surface area contributed by atoms with Crippen LogP contribution in [0.3, 0.4) is 0 Å². The van der Waals surface area contributed by atoms with Gasteiger partial charge in [-0.1, -0.05) is 19.1 Å². The van der Waals surface area contributed by atoms with Crippen molar-refractivity contribution in [2.24, 2.45) is 0 Å². The predicted molar refractivity (Wildman–Crippen MR) is 72.1 cm³/mol. The van der Waals surface area contributed by atoms with Crippen LogP contribution >= 0.6 is 0 Å². The van der Waals surface area contributed by atoms with E-state index >= 15 is 0 Å². The quantitative estimate of drug-likeness (QED) is 0.755. The second kappa shape index (κ2) is 4.61. The van der Waals surface area contributed by atoms with Gasteiger partial charge in [0.2, 0.25) is 0 Å². The number of hydrogen-bond donors (Lipinski definition) is 2. The molecule has 1 amide bonds. The number of fused-ring (bicyclic) bond motifs is 1. The van der Waals surface area contributed by atoms with Gasteiger partial charge in [-0.25, -0.2) is 0 Å². The third-order valence-corrected chi connectivity index (χ3v) is 3.01. The minimum Gasteiger partial charge on any atom is -0.469 e.